The molecule has 3 aromatic rings. The summed E-state index contributed by atoms with van der Waals surface area (Å²) in [5.74, 6) is -0.573. The maximum Gasteiger partial charge on any atom is 0.329 e. The van der Waals surface area contributed by atoms with Crippen LogP contribution in [0.5, 0.6) is 0 Å². The summed E-state index contributed by atoms with van der Waals surface area (Å²) in [4.78, 5) is 43.2. The quantitative estimate of drug-likeness (QED) is 0.464. The molecule has 0 unspecified atom stereocenters. The van der Waals surface area contributed by atoms with Crippen LogP contribution >= 0.6 is 11.8 Å². The van der Waals surface area contributed by atoms with Gasteiger partial charge >= 0.3 is 5.69 Å². The molecule has 9 heteroatoms. The molecule has 0 saturated carbocycles. The highest BCUT2D eigenvalue weighted by Gasteiger charge is 2.20. The summed E-state index contributed by atoms with van der Waals surface area (Å²) in [6.07, 6.45) is 4.11. The van der Waals surface area contributed by atoms with Crippen molar-refractivity contribution in [1.29, 1.82) is 0 Å². The Morgan fingerprint density at radius 1 is 1.32 bits per heavy atom. The Balaban J connectivity index is 1.85. The van der Waals surface area contributed by atoms with Gasteiger partial charge in [0.15, 0.2) is 10.9 Å². The first-order valence-corrected chi connectivity index (χ1v) is 9.80. The van der Waals surface area contributed by atoms with Crippen LogP contribution in [-0.2, 0) is 6.54 Å². The lowest BCUT2D eigenvalue weighted by molar-refractivity contribution is 0.102. The van der Waals surface area contributed by atoms with Crippen molar-refractivity contribution in [1.82, 2.24) is 19.1 Å². The number of hydrogen-bond donors (Lipinski definition) is 2. The highest BCUT2D eigenvalue weighted by Crippen LogP contribution is 2.22. The molecule has 0 radical (unpaired) electrons. The molecule has 0 atom stereocenters. The molecular weight excluding hydrogens is 378 g/mol. The number of carbonyl (C=O) groups is 1. The monoisotopic (exact) mass is 399 g/mol. The fourth-order valence-corrected chi connectivity index (χ4v) is 3.72. The van der Waals surface area contributed by atoms with Crippen molar-refractivity contribution >= 4 is 23.4 Å². The van der Waals surface area contributed by atoms with Crippen LogP contribution in [0.15, 0.2) is 51.4 Å². The van der Waals surface area contributed by atoms with E-state index in [1.165, 1.54) is 16.3 Å². The Labute approximate surface area is 165 Å². The maximum absolute atomic E-state index is 12.7. The number of benzene rings is 1. The van der Waals surface area contributed by atoms with Gasteiger partial charge in [-0.2, -0.15) is 0 Å². The number of anilines is 1. The molecule has 0 spiro atoms. The molecule has 0 aliphatic heterocycles. The van der Waals surface area contributed by atoms with Crippen LogP contribution in [0.25, 0.3) is 5.69 Å². The standard InChI is InChI=1S/C19H21N5O3S/c1-3-8-24-16(20)15(17(26)22-18(24)27)14(25)11-28-19-21-7-9-23(19)13-6-4-5-12(2)10-13/h4-7,9-10H,3,8,11,20H2,1-2H3,(H,22,26,27). The minimum atomic E-state index is -0.762. The van der Waals surface area contributed by atoms with Gasteiger partial charge in [0.1, 0.15) is 11.4 Å². The second-order valence-electron chi connectivity index (χ2n) is 6.30. The Bertz CT molecular complexity index is 1130. The van der Waals surface area contributed by atoms with Crippen molar-refractivity contribution in [2.24, 2.45) is 0 Å². The number of rotatable bonds is 7. The number of nitrogens with two attached hydrogens (primary N) is 1. The van der Waals surface area contributed by atoms with Crippen LogP contribution in [0, 0.1) is 6.92 Å². The number of nitrogens with zero attached hydrogens (tertiary/aromatic N) is 3. The highest BCUT2D eigenvalue weighted by atomic mass is 32.2. The molecule has 1 aromatic carbocycles. The normalized spacial score (nSPS) is 10.9. The molecule has 0 aliphatic rings. The van der Waals surface area contributed by atoms with Crippen molar-refractivity contribution in [2.45, 2.75) is 32.0 Å². The summed E-state index contributed by atoms with van der Waals surface area (Å²) in [5, 5.41) is 0.621. The first-order chi connectivity index (χ1) is 13.4. The minimum Gasteiger partial charge on any atom is -0.384 e. The second kappa shape index (κ2) is 8.30. The molecular formula is C19H21N5O3S. The number of aromatic nitrogens is 4. The van der Waals surface area contributed by atoms with E-state index >= 15 is 0 Å². The number of aromatic amines is 1. The Morgan fingerprint density at radius 2 is 2.11 bits per heavy atom. The molecule has 0 fully saturated rings. The van der Waals surface area contributed by atoms with Gasteiger partial charge in [0, 0.05) is 24.6 Å². The molecule has 0 aliphatic carbocycles. The number of thioether (sulfide) groups is 1. The lowest BCUT2D eigenvalue weighted by atomic mass is 10.2. The van der Waals surface area contributed by atoms with Crippen LogP contribution < -0.4 is 17.0 Å². The molecule has 0 amide bonds. The average molecular weight is 399 g/mol. The number of Topliss-reactive ketones (excluding diaryl/α,β-unsaturated/α-hetero) is 1. The molecule has 8 nitrogen and oxygen atoms in total. The molecule has 2 aromatic heterocycles. The largest absolute Gasteiger partial charge is 0.384 e. The van der Waals surface area contributed by atoms with Gasteiger partial charge < -0.3 is 5.73 Å². The molecule has 0 bridgehead atoms. The smallest absolute Gasteiger partial charge is 0.329 e. The van der Waals surface area contributed by atoms with Gasteiger partial charge in [-0.3, -0.25) is 23.7 Å². The topological polar surface area (TPSA) is 116 Å². The predicted molar refractivity (Wildman–Crippen MR) is 109 cm³/mol. The zero-order valence-corrected chi connectivity index (χ0v) is 16.5. The van der Waals surface area contributed by atoms with Crippen LogP contribution in [0.1, 0.15) is 29.3 Å². The van der Waals surface area contributed by atoms with E-state index in [0.29, 0.717) is 18.1 Å². The zero-order valence-electron chi connectivity index (χ0n) is 15.6. The molecule has 146 valence electrons. The number of ketones is 1. The van der Waals surface area contributed by atoms with E-state index in [1.807, 2.05) is 48.9 Å². The van der Waals surface area contributed by atoms with Gasteiger partial charge in [0.05, 0.1) is 5.75 Å². The number of imidazole rings is 1. The first kappa shape index (κ1) is 19.7. The summed E-state index contributed by atoms with van der Waals surface area (Å²) >= 11 is 1.20. The number of hydrogen-bond acceptors (Lipinski definition) is 6. The van der Waals surface area contributed by atoms with Crippen LogP contribution in [0.4, 0.5) is 5.82 Å². The third-order valence-electron chi connectivity index (χ3n) is 4.18. The minimum absolute atomic E-state index is 0.0273. The third-order valence-corrected chi connectivity index (χ3v) is 5.15. The Hall–Kier alpha value is -3.07. The molecule has 3 N–H and O–H groups in total. The second-order valence-corrected chi connectivity index (χ2v) is 7.24. The average Bonchev–Trinajstić information content (AvgIpc) is 3.12. The van der Waals surface area contributed by atoms with Gasteiger partial charge in [0.25, 0.3) is 5.56 Å². The lowest BCUT2D eigenvalue weighted by Crippen LogP contribution is -2.36. The fraction of sp³-hybridized carbons (Fsp3) is 0.263. The third kappa shape index (κ3) is 3.94. The summed E-state index contributed by atoms with van der Waals surface area (Å²) in [5.41, 5.74) is 6.43. The van der Waals surface area contributed by atoms with Crippen LogP contribution in [-0.4, -0.2) is 30.6 Å². The lowest BCUT2D eigenvalue weighted by Gasteiger charge is -2.11. The van der Waals surface area contributed by atoms with Gasteiger partial charge in [-0.1, -0.05) is 30.8 Å². The van der Waals surface area contributed by atoms with E-state index in [2.05, 4.69) is 9.97 Å². The zero-order chi connectivity index (χ0) is 20.3. The van der Waals surface area contributed by atoms with Crippen LogP contribution in [0.3, 0.4) is 0 Å². The Morgan fingerprint density at radius 3 is 2.82 bits per heavy atom. The van der Waals surface area contributed by atoms with Crippen molar-refractivity contribution in [3.63, 3.8) is 0 Å². The summed E-state index contributed by atoms with van der Waals surface area (Å²) in [6.45, 7) is 4.20. The number of nitrogens with one attached hydrogen (secondary N) is 1. The number of aryl methyl sites for hydroxylation is 1. The van der Waals surface area contributed by atoms with E-state index < -0.39 is 17.0 Å². The molecule has 28 heavy (non-hydrogen) atoms. The SMILES string of the molecule is CCCn1c(N)c(C(=O)CSc2nccn2-c2cccc(C)c2)c(=O)[nH]c1=O. The van der Waals surface area contributed by atoms with E-state index in [9.17, 15) is 14.4 Å². The van der Waals surface area contributed by atoms with E-state index in [0.717, 1.165) is 11.3 Å². The van der Waals surface area contributed by atoms with Crippen molar-refractivity contribution in [2.75, 3.05) is 11.5 Å². The number of carbonyl (C=O) groups excluding carboxylic acids is 1. The summed E-state index contributed by atoms with van der Waals surface area (Å²) < 4.78 is 3.09. The Kier molecular flexibility index (Phi) is 5.84. The van der Waals surface area contributed by atoms with E-state index in [4.69, 9.17) is 5.73 Å². The molecule has 2 heterocycles. The van der Waals surface area contributed by atoms with Gasteiger partial charge in [-0.15, -0.1) is 0 Å². The molecule has 3 rings (SSSR count). The van der Waals surface area contributed by atoms with Crippen LogP contribution in [0.2, 0.25) is 0 Å². The van der Waals surface area contributed by atoms with Crippen molar-refractivity contribution in [3.8, 4) is 5.69 Å². The van der Waals surface area contributed by atoms with Crippen molar-refractivity contribution in [3.05, 3.63) is 68.6 Å². The van der Waals surface area contributed by atoms with E-state index in [-0.39, 0.29) is 17.1 Å². The molecule has 0 saturated heterocycles. The highest BCUT2D eigenvalue weighted by molar-refractivity contribution is 7.99. The fourth-order valence-electron chi connectivity index (χ4n) is 2.88. The summed E-state index contributed by atoms with van der Waals surface area (Å²) in [6, 6.07) is 7.90. The summed E-state index contributed by atoms with van der Waals surface area (Å²) in [7, 11) is 0. The van der Waals surface area contributed by atoms with E-state index in [1.54, 1.807) is 6.20 Å². The first-order valence-electron chi connectivity index (χ1n) is 8.81. The van der Waals surface area contributed by atoms with Gasteiger partial charge in [0.2, 0.25) is 0 Å². The van der Waals surface area contributed by atoms with Crippen molar-refractivity contribution < 1.29 is 4.79 Å². The number of H-pyrrole nitrogens is 1. The number of nitrogen functional groups attached to an aromatic ring is 1. The van der Waals surface area contributed by atoms with Gasteiger partial charge in [-0.25, -0.2) is 9.78 Å². The maximum atomic E-state index is 12.7. The predicted octanol–water partition coefficient (Wildman–Crippen LogP) is 2.00. The van der Waals surface area contributed by atoms with Gasteiger partial charge in [-0.05, 0) is 31.0 Å².